The number of thiazole rings is 1. The van der Waals surface area contributed by atoms with E-state index in [1.807, 2.05) is 42.5 Å². The second kappa shape index (κ2) is 5.11. The number of fused-ring (bicyclic) bond motifs is 1. The molecule has 1 N–H and O–H groups in total. The zero-order valence-corrected chi connectivity index (χ0v) is 12.2. The molecule has 19 heavy (non-hydrogen) atoms. The Hall–Kier alpha value is -1.72. The molecule has 1 aromatic heterocycles. The Bertz CT molecular complexity index is 749. The molecule has 0 aliphatic heterocycles. The first-order valence-electron chi connectivity index (χ1n) is 5.64. The predicted molar refractivity (Wildman–Crippen MR) is 81.7 cm³/mol. The van der Waals surface area contributed by atoms with Crippen molar-refractivity contribution in [2.24, 2.45) is 0 Å². The van der Waals surface area contributed by atoms with E-state index in [-0.39, 0.29) is 5.91 Å². The van der Waals surface area contributed by atoms with Crippen LogP contribution in [-0.4, -0.2) is 10.9 Å². The smallest absolute Gasteiger partial charge is 0.258 e. The molecule has 0 bridgehead atoms. The van der Waals surface area contributed by atoms with Crippen molar-refractivity contribution in [2.75, 3.05) is 5.32 Å². The highest BCUT2D eigenvalue weighted by molar-refractivity contribution is 9.11. The maximum Gasteiger partial charge on any atom is 0.258 e. The summed E-state index contributed by atoms with van der Waals surface area (Å²) in [6.45, 7) is 0. The van der Waals surface area contributed by atoms with E-state index in [2.05, 4.69) is 26.2 Å². The van der Waals surface area contributed by atoms with Gasteiger partial charge >= 0.3 is 0 Å². The van der Waals surface area contributed by atoms with E-state index in [0.717, 1.165) is 14.6 Å². The molecule has 3 rings (SSSR count). The fraction of sp³-hybridized carbons (Fsp3) is 0. The Morgan fingerprint density at radius 2 is 1.95 bits per heavy atom. The number of anilines is 1. The molecule has 0 unspecified atom stereocenters. The van der Waals surface area contributed by atoms with Crippen LogP contribution >= 0.6 is 27.3 Å². The van der Waals surface area contributed by atoms with Gasteiger partial charge in [0.15, 0.2) is 5.13 Å². The minimum absolute atomic E-state index is 0.140. The molecule has 3 nitrogen and oxygen atoms in total. The van der Waals surface area contributed by atoms with Crippen LogP contribution < -0.4 is 5.32 Å². The third kappa shape index (κ3) is 2.52. The molecule has 0 atom stereocenters. The van der Waals surface area contributed by atoms with E-state index in [1.165, 1.54) is 11.3 Å². The third-order valence-electron chi connectivity index (χ3n) is 2.73. The highest BCUT2D eigenvalue weighted by atomic mass is 79.9. The van der Waals surface area contributed by atoms with Crippen LogP contribution in [0, 0.1) is 0 Å². The summed E-state index contributed by atoms with van der Waals surface area (Å²) in [5.74, 6) is -0.140. The lowest BCUT2D eigenvalue weighted by molar-refractivity contribution is 0.102. The van der Waals surface area contributed by atoms with Gasteiger partial charge in [-0.2, -0.15) is 0 Å². The molecule has 1 amide bonds. The fourth-order valence-electron chi connectivity index (χ4n) is 1.90. The first kappa shape index (κ1) is 12.3. The Morgan fingerprint density at radius 3 is 2.74 bits per heavy atom. The molecular formula is C14H9BrN2OS. The van der Waals surface area contributed by atoms with Crippen molar-refractivity contribution in [3.63, 3.8) is 0 Å². The summed E-state index contributed by atoms with van der Waals surface area (Å²) >= 11 is 4.71. The first-order valence-corrected chi connectivity index (χ1v) is 7.25. The Kier molecular flexibility index (Phi) is 3.31. The molecule has 0 saturated carbocycles. The van der Waals surface area contributed by atoms with E-state index in [9.17, 15) is 4.79 Å². The number of nitrogens with zero attached hydrogens (tertiary/aromatic N) is 1. The van der Waals surface area contributed by atoms with Gasteiger partial charge in [0.25, 0.3) is 5.91 Å². The number of benzene rings is 2. The summed E-state index contributed by atoms with van der Waals surface area (Å²) in [4.78, 5) is 16.4. The van der Waals surface area contributed by atoms with Gasteiger partial charge in [-0.15, -0.1) is 0 Å². The number of rotatable bonds is 2. The van der Waals surface area contributed by atoms with Crippen molar-refractivity contribution in [2.45, 2.75) is 0 Å². The largest absolute Gasteiger partial charge is 0.298 e. The Labute approximate surface area is 122 Å². The van der Waals surface area contributed by atoms with Crippen LogP contribution in [0.15, 0.2) is 52.4 Å². The second-order valence-electron chi connectivity index (χ2n) is 3.95. The Morgan fingerprint density at radius 1 is 1.16 bits per heavy atom. The normalized spacial score (nSPS) is 10.6. The third-order valence-corrected chi connectivity index (χ3v) is 4.12. The minimum Gasteiger partial charge on any atom is -0.298 e. The van der Waals surface area contributed by atoms with E-state index in [0.29, 0.717) is 10.7 Å². The van der Waals surface area contributed by atoms with Crippen LogP contribution in [0.1, 0.15) is 10.4 Å². The van der Waals surface area contributed by atoms with Gasteiger partial charge < -0.3 is 0 Å². The highest BCUT2D eigenvalue weighted by Crippen LogP contribution is 2.25. The van der Waals surface area contributed by atoms with Crippen molar-refractivity contribution >= 4 is 49.1 Å². The lowest BCUT2D eigenvalue weighted by atomic mass is 10.0. The van der Waals surface area contributed by atoms with Gasteiger partial charge in [0.2, 0.25) is 0 Å². The van der Waals surface area contributed by atoms with E-state index >= 15 is 0 Å². The van der Waals surface area contributed by atoms with Gasteiger partial charge in [-0.05, 0) is 32.8 Å². The van der Waals surface area contributed by atoms with Gasteiger partial charge in [0.05, 0.1) is 9.98 Å². The molecule has 0 spiro atoms. The number of amides is 1. The molecule has 5 heteroatoms. The molecule has 2 aromatic carbocycles. The maximum atomic E-state index is 12.3. The second-order valence-corrected chi connectivity index (χ2v) is 6.36. The summed E-state index contributed by atoms with van der Waals surface area (Å²) in [6.07, 6.45) is 1.67. The fourth-order valence-corrected chi connectivity index (χ4v) is 3.00. The average Bonchev–Trinajstić information content (AvgIpc) is 2.83. The summed E-state index contributed by atoms with van der Waals surface area (Å²) in [5, 5.41) is 5.39. The van der Waals surface area contributed by atoms with Crippen LogP contribution in [-0.2, 0) is 0 Å². The summed E-state index contributed by atoms with van der Waals surface area (Å²) in [5.41, 5.74) is 0.657. The molecule has 0 saturated heterocycles. The van der Waals surface area contributed by atoms with Crippen LogP contribution in [0.25, 0.3) is 10.8 Å². The molecule has 0 aliphatic carbocycles. The van der Waals surface area contributed by atoms with E-state index < -0.39 is 0 Å². The average molecular weight is 333 g/mol. The quantitative estimate of drug-likeness (QED) is 0.759. The van der Waals surface area contributed by atoms with Gasteiger partial charge in [0, 0.05) is 5.56 Å². The first-order chi connectivity index (χ1) is 9.24. The van der Waals surface area contributed by atoms with Crippen molar-refractivity contribution in [1.82, 2.24) is 4.98 Å². The molecule has 1 heterocycles. The molecule has 3 aromatic rings. The summed E-state index contributed by atoms with van der Waals surface area (Å²) < 4.78 is 0.890. The number of carbonyl (C=O) groups is 1. The number of nitrogens with one attached hydrogen (secondary N) is 1. The van der Waals surface area contributed by atoms with Crippen LogP contribution in [0.2, 0.25) is 0 Å². The van der Waals surface area contributed by atoms with Gasteiger partial charge in [0.1, 0.15) is 0 Å². The number of aromatic nitrogens is 1. The standard InChI is InChI=1S/C14H9BrN2OS/c15-12-8-16-14(19-12)17-13(18)11-7-3-5-9-4-1-2-6-10(9)11/h1-8H,(H,16,17,18). The Balaban J connectivity index is 1.97. The van der Waals surface area contributed by atoms with E-state index in [4.69, 9.17) is 0 Å². The van der Waals surface area contributed by atoms with Crippen LogP contribution in [0.5, 0.6) is 0 Å². The van der Waals surface area contributed by atoms with Gasteiger partial charge in [-0.1, -0.05) is 47.7 Å². The van der Waals surface area contributed by atoms with Crippen LogP contribution in [0.3, 0.4) is 0 Å². The SMILES string of the molecule is O=C(Nc1ncc(Br)s1)c1cccc2ccccc12. The summed E-state index contributed by atoms with van der Waals surface area (Å²) in [6, 6.07) is 13.5. The molecular weight excluding hydrogens is 324 g/mol. The lowest BCUT2D eigenvalue weighted by Crippen LogP contribution is -2.11. The van der Waals surface area contributed by atoms with Gasteiger partial charge in [-0.3, -0.25) is 10.1 Å². The number of carbonyl (C=O) groups excluding carboxylic acids is 1. The van der Waals surface area contributed by atoms with E-state index in [1.54, 1.807) is 6.20 Å². The van der Waals surface area contributed by atoms with Gasteiger partial charge in [-0.25, -0.2) is 4.98 Å². The molecule has 0 radical (unpaired) electrons. The molecule has 0 aliphatic rings. The zero-order chi connectivity index (χ0) is 13.2. The number of halogens is 1. The van der Waals surface area contributed by atoms with Crippen molar-refractivity contribution in [3.8, 4) is 0 Å². The molecule has 0 fully saturated rings. The highest BCUT2D eigenvalue weighted by Gasteiger charge is 2.11. The van der Waals surface area contributed by atoms with Crippen molar-refractivity contribution < 1.29 is 4.79 Å². The topological polar surface area (TPSA) is 42.0 Å². The van der Waals surface area contributed by atoms with Crippen LogP contribution in [0.4, 0.5) is 5.13 Å². The van der Waals surface area contributed by atoms with Crippen molar-refractivity contribution in [1.29, 1.82) is 0 Å². The number of hydrogen-bond donors (Lipinski definition) is 1. The van der Waals surface area contributed by atoms with Crippen molar-refractivity contribution in [3.05, 3.63) is 58.0 Å². The maximum absolute atomic E-state index is 12.3. The predicted octanol–water partition coefficient (Wildman–Crippen LogP) is 4.31. The molecule has 94 valence electrons. The minimum atomic E-state index is -0.140. The number of hydrogen-bond acceptors (Lipinski definition) is 3. The lowest BCUT2D eigenvalue weighted by Gasteiger charge is -2.05. The summed E-state index contributed by atoms with van der Waals surface area (Å²) in [7, 11) is 0. The monoisotopic (exact) mass is 332 g/mol. The zero-order valence-electron chi connectivity index (χ0n) is 9.76.